The van der Waals surface area contributed by atoms with Gasteiger partial charge in [-0.1, -0.05) is 17.7 Å². The maximum absolute atomic E-state index is 13.4. The number of carbonyl (C=O) groups is 1. The third-order valence-corrected chi connectivity index (χ3v) is 3.78. The van der Waals surface area contributed by atoms with E-state index in [0.29, 0.717) is 29.8 Å². The Bertz CT molecular complexity index is 699. The topological polar surface area (TPSA) is 40.5 Å². The van der Waals surface area contributed by atoms with Crippen LogP contribution in [0.1, 0.15) is 34.0 Å². The van der Waals surface area contributed by atoms with Crippen LogP contribution in [-0.2, 0) is 0 Å². The molecule has 1 unspecified atom stereocenters. The van der Waals surface area contributed by atoms with E-state index in [-0.39, 0.29) is 5.91 Å². The van der Waals surface area contributed by atoms with Crippen LogP contribution in [0.15, 0.2) is 42.5 Å². The number of aliphatic hydroxyl groups is 1. The van der Waals surface area contributed by atoms with Gasteiger partial charge in [-0.3, -0.25) is 4.79 Å². The van der Waals surface area contributed by atoms with Gasteiger partial charge < -0.3 is 10.0 Å². The molecule has 2 aromatic rings. The van der Waals surface area contributed by atoms with Gasteiger partial charge in [0.25, 0.3) is 5.91 Å². The summed E-state index contributed by atoms with van der Waals surface area (Å²) in [6, 6.07) is 11.5. The van der Waals surface area contributed by atoms with E-state index in [1.165, 1.54) is 12.1 Å². The highest BCUT2D eigenvalue weighted by molar-refractivity contribution is 6.06. The van der Waals surface area contributed by atoms with Crippen molar-refractivity contribution in [1.29, 1.82) is 0 Å². The van der Waals surface area contributed by atoms with E-state index in [2.05, 4.69) is 0 Å². The number of aryl methyl sites for hydroxylation is 1. The maximum atomic E-state index is 13.4. The standard InChI is InChI=1S/C17H16FNO2/c1-11-3-2-4-12(9-11)17(21)19-8-7-16(20)14-10-13(18)5-6-15(14)19/h2-6,9-10,16,20H,7-8H2,1H3. The summed E-state index contributed by atoms with van der Waals surface area (Å²) in [5.74, 6) is -0.531. The second-order valence-corrected chi connectivity index (χ2v) is 5.33. The smallest absolute Gasteiger partial charge is 0.258 e. The summed E-state index contributed by atoms with van der Waals surface area (Å²) >= 11 is 0. The highest BCUT2D eigenvalue weighted by Crippen LogP contribution is 2.35. The average Bonchev–Trinajstić information content (AvgIpc) is 2.47. The van der Waals surface area contributed by atoms with Gasteiger partial charge in [0.05, 0.1) is 6.10 Å². The van der Waals surface area contributed by atoms with Gasteiger partial charge in [-0.25, -0.2) is 4.39 Å². The Morgan fingerprint density at radius 1 is 1.29 bits per heavy atom. The zero-order chi connectivity index (χ0) is 15.0. The Morgan fingerprint density at radius 3 is 2.86 bits per heavy atom. The Labute approximate surface area is 122 Å². The molecule has 0 aromatic heterocycles. The molecule has 0 bridgehead atoms. The highest BCUT2D eigenvalue weighted by Gasteiger charge is 2.28. The minimum absolute atomic E-state index is 0.126. The van der Waals surface area contributed by atoms with E-state index < -0.39 is 11.9 Å². The molecule has 0 aliphatic carbocycles. The number of benzene rings is 2. The van der Waals surface area contributed by atoms with E-state index >= 15 is 0 Å². The molecule has 108 valence electrons. The number of anilines is 1. The Kier molecular flexibility index (Phi) is 3.47. The molecule has 0 saturated heterocycles. The van der Waals surface area contributed by atoms with Gasteiger partial charge in [0.15, 0.2) is 0 Å². The molecule has 0 spiro atoms. The molecule has 0 saturated carbocycles. The molecule has 1 atom stereocenters. The van der Waals surface area contributed by atoms with Gasteiger partial charge in [-0.05, 0) is 43.7 Å². The van der Waals surface area contributed by atoms with Gasteiger partial charge >= 0.3 is 0 Å². The summed E-state index contributed by atoms with van der Waals surface area (Å²) < 4.78 is 13.4. The zero-order valence-electron chi connectivity index (χ0n) is 11.7. The summed E-state index contributed by atoms with van der Waals surface area (Å²) in [6.45, 7) is 2.35. The van der Waals surface area contributed by atoms with Gasteiger partial charge in [-0.2, -0.15) is 0 Å². The fourth-order valence-corrected chi connectivity index (χ4v) is 2.71. The normalized spacial score (nSPS) is 17.5. The summed E-state index contributed by atoms with van der Waals surface area (Å²) in [5.41, 5.74) is 2.67. The lowest BCUT2D eigenvalue weighted by Gasteiger charge is -2.32. The number of fused-ring (bicyclic) bond motifs is 1. The molecule has 2 aromatic carbocycles. The van der Waals surface area contributed by atoms with E-state index in [4.69, 9.17) is 0 Å². The van der Waals surface area contributed by atoms with Crippen molar-refractivity contribution in [2.75, 3.05) is 11.4 Å². The third-order valence-electron chi connectivity index (χ3n) is 3.78. The first-order valence-electron chi connectivity index (χ1n) is 6.92. The largest absolute Gasteiger partial charge is 0.388 e. The fraction of sp³-hybridized carbons (Fsp3) is 0.235. The first kappa shape index (κ1) is 13.8. The second kappa shape index (κ2) is 5.30. The predicted molar refractivity (Wildman–Crippen MR) is 78.8 cm³/mol. The van der Waals surface area contributed by atoms with E-state index in [0.717, 1.165) is 5.56 Å². The lowest BCUT2D eigenvalue weighted by molar-refractivity contribution is 0.0970. The fourth-order valence-electron chi connectivity index (χ4n) is 2.71. The minimum Gasteiger partial charge on any atom is -0.388 e. The van der Waals surface area contributed by atoms with E-state index in [1.807, 2.05) is 25.1 Å². The molecule has 3 nitrogen and oxygen atoms in total. The molecule has 0 fully saturated rings. The van der Waals surface area contributed by atoms with Crippen LogP contribution in [0, 0.1) is 12.7 Å². The molecule has 1 amide bonds. The van der Waals surface area contributed by atoms with Crippen molar-refractivity contribution < 1.29 is 14.3 Å². The number of aliphatic hydroxyl groups excluding tert-OH is 1. The second-order valence-electron chi connectivity index (χ2n) is 5.33. The van der Waals surface area contributed by atoms with Crippen LogP contribution >= 0.6 is 0 Å². The Morgan fingerprint density at radius 2 is 2.10 bits per heavy atom. The number of carbonyl (C=O) groups excluding carboxylic acids is 1. The molecule has 1 aliphatic rings. The Hall–Kier alpha value is -2.20. The Balaban J connectivity index is 2.01. The van der Waals surface area contributed by atoms with Crippen molar-refractivity contribution in [3.63, 3.8) is 0 Å². The molecule has 1 aliphatic heterocycles. The number of amides is 1. The van der Waals surface area contributed by atoms with Crippen LogP contribution in [0.2, 0.25) is 0 Å². The summed E-state index contributed by atoms with van der Waals surface area (Å²) in [4.78, 5) is 14.3. The lowest BCUT2D eigenvalue weighted by atomic mass is 9.97. The van der Waals surface area contributed by atoms with Crippen LogP contribution < -0.4 is 4.90 Å². The maximum Gasteiger partial charge on any atom is 0.258 e. The summed E-state index contributed by atoms with van der Waals surface area (Å²) in [7, 11) is 0. The predicted octanol–water partition coefficient (Wildman–Crippen LogP) is 3.22. The van der Waals surface area contributed by atoms with Crippen LogP contribution in [0.5, 0.6) is 0 Å². The molecule has 0 radical (unpaired) electrons. The SMILES string of the molecule is Cc1cccc(C(=O)N2CCC(O)c3cc(F)ccc32)c1. The van der Waals surface area contributed by atoms with Crippen molar-refractivity contribution in [1.82, 2.24) is 0 Å². The first-order valence-corrected chi connectivity index (χ1v) is 6.92. The van der Waals surface area contributed by atoms with Crippen molar-refractivity contribution in [3.05, 3.63) is 65.0 Å². The monoisotopic (exact) mass is 285 g/mol. The lowest BCUT2D eigenvalue weighted by Crippen LogP contribution is -2.36. The zero-order valence-corrected chi connectivity index (χ0v) is 11.7. The number of rotatable bonds is 1. The van der Waals surface area contributed by atoms with Gasteiger partial charge in [0.1, 0.15) is 5.82 Å². The molecule has 3 rings (SSSR count). The van der Waals surface area contributed by atoms with E-state index in [9.17, 15) is 14.3 Å². The number of hydrogen-bond donors (Lipinski definition) is 1. The highest BCUT2D eigenvalue weighted by atomic mass is 19.1. The third kappa shape index (κ3) is 2.54. The average molecular weight is 285 g/mol. The molecule has 1 heterocycles. The molecule has 21 heavy (non-hydrogen) atoms. The summed E-state index contributed by atoms with van der Waals surface area (Å²) in [6.07, 6.45) is -0.314. The van der Waals surface area contributed by atoms with Crippen LogP contribution in [0.25, 0.3) is 0 Å². The van der Waals surface area contributed by atoms with Crippen LogP contribution in [-0.4, -0.2) is 17.6 Å². The first-order chi connectivity index (χ1) is 10.1. The van der Waals surface area contributed by atoms with Gasteiger partial charge in [0.2, 0.25) is 0 Å². The summed E-state index contributed by atoms with van der Waals surface area (Å²) in [5, 5.41) is 10.00. The molecular weight excluding hydrogens is 269 g/mol. The minimum atomic E-state index is -0.725. The number of nitrogens with zero attached hydrogens (tertiary/aromatic N) is 1. The van der Waals surface area contributed by atoms with Crippen molar-refractivity contribution in [2.24, 2.45) is 0 Å². The molecule has 4 heteroatoms. The quantitative estimate of drug-likeness (QED) is 0.874. The van der Waals surface area contributed by atoms with Crippen molar-refractivity contribution in [2.45, 2.75) is 19.4 Å². The van der Waals surface area contributed by atoms with Gasteiger partial charge in [0, 0.05) is 23.4 Å². The van der Waals surface area contributed by atoms with Crippen LogP contribution in [0.4, 0.5) is 10.1 Å². The van der Waals surface area contributed by atoms with Gasteiger partial charge in [-0.15, -0.1) is 0 Å². The number of hydrogen-bond acceptors (Lipinski definition) is 2. The van der Waals surface area contributed by atoms with E-state index in [1.54, 1.807) is 17.0 Å². The number of halogens is 1. The molecule has 1 N–H and O–H groups in total. The molecular formula is C17H16FNO2. The van der Waals surface area contributed by atoms with Crippen molar-refractivity contribution >= 4 is 11.6 Å². The van der Waals surface area contributed by atoms with Crippen molar-refractivity contribution in [3.8, 4) is 0 Å². The van der Waals surface area contributed by atoms with Crippen LogP contribution in [0.3, 0.4) is 0 Å².